The van der Waals surface area contributed by atoms with Gasteiger partial charge in [-0.15, -0.1) is 0 Å². The van der Waals surface area contributed by atoms with E-state index >= 15 is 0 Å². The zero-order chi connectivity index (χ0) is 15.7. The first-order valence-electron chi connectivity index (χ1n) is 6.81. The third-order valence-electron chi connectivity index (χ3n) is 3.47. The first-order valence-corrected chi connectivity index (χ1v) is 7.80. The van der Waals surface area contributed by atoms with Crippen molar-refractivity contribution in [2.45, 2.75) is 24.5 Å². The lowest BCUT2D eigenvalue weighted by Crippen LogP contribution is -2.28. The molecule has 114 valence electrons. The molecule has 2 heterocycles. The number of aromatic nitrogens is 2. The second-order valence-electron chi connectivity index (χ2n) is 5.10. The topological polar surface area (TPSA) is 64.0 Å². The van der Waals surface area contributed by atoms with Gasteiger partial charge >= 0.3 is 0 Å². The molecule has 0 radical (unpaired) electrons. The molecule has 1 unspecified atom stereocenters. The quantitative estimate of drug-likeness (QED) is 0.882. The minimum atomic E-state index is -0.480. The predicted molar refractivity (Wildman–Crippen MR) is 82.6 cm³/mol. The number of benzene rings is 1. The normalized spacial score (nSPS) is 16.4. The third-order valence-corrected chi connectivity index (χ3v) is 4.58. The Bertz CT molecular complexity index is 791. The SMILES string of the molecule is Cc1cnc2n(c1=O)C(CC(=O)Nc1ccccc1F)CS2. The molecular weight excluding hydrogens is 305 g/mol. The zero-order valence-corrected chi connectivity index (χ0v) is 12.7. The minimum Gasteiger partial charge on any atom is -0.324 e. The molecule has 22 heavy (non-hydrogen) atoms. The number of hydrogen-bond donors (Lipinski definition) is 1. The van der Waals surface area contributed by atoms with E-state index in [1.54, 1.807) is 29.8 Å². The summed E-state index contributed by atoms with van der Waals surface area (Å²) in [5.74, 6) is -0.195. The Hall–Kier alpha value is -2.15. The summed E-state index contributed by atoms with van der Waals surface area (Å²) in [5, 5.41) is 3.17. The Morgan fingerprint density at radius 1 is 1.50 bits per heavy atom. The maximum absolute atomic E-state index is 13.5. The first-order chi connectivity index (χ1) is 10.6. The predicted octanol–water partition coefficient (Wildman–Crippen LogP) is 2.37. The zero-order valence-electron chi connectivity index (χ0n) is 11.9. The Balaban J connectivity index is 1.76. The Labute approximate surface area is 130 Å². The van der Waals surface area contributed by atoms with Gasteiger partial charge in [-0.3, -0.25) is 14.2 Å². The van der Waals surface area contributed by atoms with Crippen LogP contribution in [0.15, 0.2) is 40.4 Å². The number of nitrogens with zero attached hydrogens (tertiary/aromatic N) is 2. The minimum absolute atomic E-state index is 0.110. The van der Waals surface area contributed by atoms with Gasteiger partial charge in [-0.05, 0) is 19.1 Å². The van der Waals surface area contributed by atoms with E-state index in [1.165, 1.54) is 23.9 Å². The van der Waals surface area contributed by atoms with Crippen molar-refractivity contribution in [3.63, 3.8) is 0 Å². The van der Waals surface area contributed by atoms with Crippen molar-refractivity contribution in [2.24, 2.45) is 0 Å². The van der Waals surface area contributed by atoms with Crippen LogP contribution in [0, 0.1) is 12.7 Å². The average molecular weight is 319 g/mol. The molecule has 1 aromatic heterocycles. The molecule has 1 aromatic carbocycles. The number of fused-ring (bicyclic) bond motifs is 1. The fraction of sp³-hybridized carbons (Fsp3) is 0.267. The fourth-order valence-corrected chi connectivity index (χ4v) is 3.46. The smallest absolute Gasteiger partial charge is 0.257 e. The van der Waals surface area contributed by atoms with E-state index in [1.807, 2.05) is 0 Å². The monoisotopic (exact) mass is 319 g/mol. The molecule has 7 heteroatoms. The van der Waals surface area contributed by atoms with E-state index in [0.29, 0.717) is 16.5 Å². The van der Waals surface area contributed by atoms with Crippen LogP contribution in [0.3, 0.4) is 0 Å². The van der Waals surface area contributed by atoms with Gasteiger partial charge in [0.15, 0.2) is 5.16 Å². The number of carbonyl (C=O) groups is 1. The van der Waals surface area contributed by atoms with E-state index in [2.05, 4.69) is 10.3 Å². The molecule has 0 spiro atoms. The van der Waals surface area contributed by atoms with Gasteiger partial charge in [0, 0.05) is 23.9 Å². The van der Waals surface area contributed by atoms with Crippen LogP contribution in [0.1, 0.15) is 18.0 Å². The number of halogens is 1. The number of nitrogens with one attached hydrogen (secondary N) is 1. The molecule has 1 amide bonds. The Morgan fingerprint density at radius 2 is 2.27 bits per heavy atom. The molecule has 0 aliphatic carbocycles. The summed E-state index contributed by atoms with van der Waals surface area (Å²) in [5.41, 5.74) is 0.567. The van der Waals surface area contributed by atoms with Crippen LogP contribution in [-0.2, 0) is 4.79 Å². The molecule has 0 bridgehead atoms. The molecule has 3 rings (SSSR count). The van der Waals surface area contributed by atoms with E-state index < -0.39 is 5.82 Å². The highest BCUT2D eigenvalue weighted by molar-refractivity contribution is 7.99. The lowest BCUT2D eigenvalue weighted by molar-refractivity contribution is -0.116. The molecule has 1 aliphatic rings. The molecule has 1 aliphatic heterocycles. The number of amides is 1. The van der Waals surface area contributed by atoms with Crippen LogP contribution in [0.25, 0.3) is 0 Å². The second kappa shape index (κ2) is 5.92. The highest BCUT2D eigenvalue weighted by Gasteiger charge is 2.27. The molecule has 1 N–H and O–H groups in total. The van der Waals surface area contributed by atoms with Gasteiger partial charge in [-0.2, -0.15) is 0 Å². The van der Waals surface area contributed by atoms with Crippen molar-refractivity contribution < 1.29 is 9.18 Å². The summed E-state index contributed by atoms with van der Waals surface area (Å²) < 4.78 is 15.1. The number of aryl methyl sites for hydroxylation is 1. The molecule has 0 fully saturated rings. The van der Waals surface area contributed by atoms with Gasteiger partial charge in [0.05, 0.1) is 11.7 Å². The highest BCUT2D eigenvalue weighted by atomic mass is 32.2. The van der Waals surface area contributed by atoms with Crippen LogP contribution in [0.4, 0.5) is 10.1 Å². The standard InChI is InChI=1S/C15H14FN3O2S/c1-9-7-17-15-19(14(9)21)10(8-22-15)6-13(20)18-12-5-3-2-4-11(12)16/h2-5,7,10H,6,8H2,1H3,(H,18,20). The van der Waals surface area contributed by atoms with Gasteiger partial charge in [-0.25, -0.2) is 9.37 Å². The van der Waals surface area contributed by atoms with Gasteiger partial charge in [0.2, 0.25) is 5.91 Å². The summed E-state index contributed by atoms with van der Waals surface area (Å²) >= 11 is 1.45. The van der Waals surface area contributed by atoms with Gasteiger partial charge < -0.3 is 5.32 Å². The summed E-state index contributed by atoms with van der Waals surface area (Å²) in [6, 6.07) is 5.74. The largest absolute Gasteiger partial charge is 0.324 e. The van der Waals surface area contributed by atoms with Crippen molar-refractivity contribution in [3.05, 3.63) is 52.2 Å². The van der Waals surface area contributed by atoms with Crippen molar-refractivity contribution in [2.75, 3.05) is 11.1 Å². The number of anilines is 1. The highest BCUT2D eigenvalue weighted by Crippen LogP contribution is 2.32. The van der Waals surface area contributed by atoms with Crippen molar-refractivity contribution in [3.8, 4) is 0 Å². The van der Waals surface area contributed by atoms with Crippen LogP contribution in [0.5, 0.6) is 0 Å². The van der Waals surface area contributed by atoms with E-state index in [4.69, 9.17) is 0 Å². The van der Waals surface area contributed by atoms with Gasteiger partial charge in [-0.1, -0.05) is 23.9 Å². The molecule has 0 saturated carbocycles. The molecular formula is C15H14FN3O2S. The summed E-state index contributed by atoms with van der Waals surface area (Å²) in [6.07, 6.45) is 1.66. The first kappa shape index (κ1) is 14.8. The molecule has 5 nitrogen and oxygen atoms in total. The summed E-state index contributed by atoms with van der Waals surface area (Å²) in [4.78, 5) is 28.5. The molecule has 0 saturated heterocycles. The maximum atomic E-state index is 13.5. The maximum Gasteiger partial charge on any atom is 0.257 e. The van der Waals surface area contributed by atoms with Crippen molar-refractivity contribution in [1.29, 1.82) is 0 Å². The number of carbonyl (C=O) groups excluding carboxylic acids is 1. The summed E-state index contributed by atoms with van der Waals surface area (Å²) in [6.45, 7) is 1.70. The number of rotatable bonds is 3. The van der Waals surface area contributed by atoms with E-state index in [-0.39, 0.29) is 29.6 Å². The second-order valence-corrected chi connectivity index (χ2v) is 6.08. The number of para-hydroxylation sites is 1. The van der Waals surface area contributed by atoms with Crippen LogP contribution in [-0.4, -0.2) is 21.2 Å². The number of hydrogen-bond acceptors (Lipinski definition) is 4. The van der Waals surface area contributed by atoms with E-state index in [0.717, 1.165) is 0 Å². The third kappa shape index (κ3) is 2.76. The number of thioether (sulfide) groups is 1. The van der Waals surface area contributed by atoms with Crippen LogP contribution in [0.2, 0.25) is 0 Å². The van der Waals surface area contributed by atoms with Crippen LogP contribution >= 0.6 is 11.8 Å². The van der Waals surface area contributed by atoms with Gasteiger partial charge in [0.25, 0.3) is 5.56 Å². The Kier molecular flexibility index (Phi) is 3.98. The van der Waals surface area contributed by atoms with Crippen molar-refractivity contribution >= 4 is 23.4 Å². The molecule has 1 atom stereocenters. The van der Waals surface area contributed by atoms with E-state index in [9.17, 15) is 14.0 Å². The van der Waals surface area contributed by atoms with Crippen LogP contribution < -0.4 is 10.9 Å². The lowest BCUT2D eigenvalue weighted by atomic mass is 10.2. The fourth-order valence-electron chi connectivity index (χ4n) is 2.35. The summed E-state index contributed by atoms with van der Waals surface area (Å²) in [7, 11) is 0. The van der Waals surface area contributed by atoms with Crippen molar-refractivity contribution in [1.82, 2.24) is 9.55 Å². The Morgan fingerprint density at radius 3 is 3.05 bits per heavy atom. The average Bonchev–Trinajstić information content (AvgIpc) is 2.89. The molecule has 2 aromatic rings. The lowest BCUT2D eigenvalue weighted by Gasteiger charge is -2.13. The van der Waals surface area contributed by atoms with Gasteiger partial charge in [0.1, 0.15) is 5.82 Å².